The van der Waals surface area contributed by atoms with Gasteiger partial charge in [0.1, 0.15) is 10.8 Å². The summed E-state index contributed by atoms with van der Waals surface area (Å²) in [5.74, 6) is -1.58. The number of thiazole rings is 1. The first-order valence-electron chi connectivity index (χ1n) is 8.72. The van der Waals surface area contributed by atoms with Crippen molar-refractivity contribution >= 4 is 23.1 Å². The molecule has 0 amide bonds. The Labute approximate surface area is 152 Å². The molecule has 134 valence electrons. The molecule has 0 aliphatic rings. The van der Waals surface area contributed by atoms with Gasteiger partial charge in [-0.15, -0.1) is 11.3 Å². The highest BCUT2D eigenvalue weighted by molar-refractivity contribution is 7.13. The normalized spacial score (nSPS) is 13.4. The van der Waals surface area contributed by atoms with E-state index in [0.717, 1.165) is 29.1 Å². The summed E-state index contributed by atoms with van der Waals surface area (Å²) in [6, 6.07) is 8.27. The summed E-state index contributed by atoms with van der Waals surface area (Å²) < 4.78 is 0. The molecule has 2 rings (SSSR count). The number of ketones is 1. The Balaban J connectivity index is 2.02. The molecule has 1 heterocycles. The molecule has 0 radical (unpaired) electrons. The van der Waals surface area contributed by atoms with Crippen LogP contribution in [0.2, 0.25) is 0 Å². The Bertz CT molecular complexity index is 721. The summed E-state index contributed by atoms with van der Waals surface area (Å²) in [7, 11) is 0. The first-order valence-corrected chi connectivity index (χ1v) is 9.60. The zero-order valence-corrected chi connectivity index (χ0v) is 15.8. The average molecular weight is 359 g/mol. The molecule has 2 aromatic rings. The van der Waals surface area contributed by atoms with Gasteiger partial charge in [0, 0.05) is 23.8 Å². The van der Waals surface area contributed by atoms with Crippen LogP contribution in [-0.2, 0) is 22.4 Å². The zero-order chi connectivity index (χ0) is 18.4. The summed E-state index contributed by atoms with van der Waals surface area (Å²) in [6.45, 7) is 5.94. The number of Topliss-reactive ketones (excluding diaryl/α,β-unsaturated/α-hetero) is 1. The lowest BCUT2D eigenvalue weighted by molar-refractivity contribution is -0.145. The van der Waals surface area contributed by atoms with Gasteiger partial charge < -0.3 is 5.11 Å². The van der Waals surface area contributed by atoms with Crippen molar-refractivity contribution in [3.05, 3.63) is 40.9 Å². The molecule has 1 aromatic heterocycles. The summed E-state index contributed by atoms with van der Waals surface area (Å²) in [6.07, 6.45) is 2.02. The van der Waals surface area contributed by atoms with Crippen molar-refractivity contribution in [1.82, 2.24) is 4.98 Å². The molecule has 0 aliphatic heterocycles. The number of nitrogens with zero attached hydrogens (tertiary/aromatic N) is 1. The van der Waals surface area contributed by atoms with Crippen molar-refractivity contribution in [3.63, 3.8) is 0 Å². The standard InChI is InChI=1S/C20H25NO3S/c1-4-13(3)18(20(23)24)11-17(22)10-16-12-25-19(21-16)15-8-6-14(5-2)7-9-15/h6-9,12-13,18H,4-5,10-11H2,1-3H3,(H,23,24)/t13-,18-/m0/s1. The molecule has 0 aliphatic carbocycles. The fraction of sp³-hybridized carbons (Fsp3) is 0.450. The molecule has 2 atom stereocenters. The molecule has 0 fully saturated rings. The molecule has 0 bridgehead atoms. The Morgan fingerprint density at radius 1 is 1.20 bits per heavy atom. The van der Waals surface area contributed by atoms with E-state index in [4.69, 9.17) is 0 Å². The molecule has 0 saturated heterocycles. The predicted molar refractivity (Wildman–Crippen MR) is 101 cm³/mol. The first kappa shape index (κ1) is 19.3. The number of hydrogen-bond donors (Lipinski definition) is 1. The van der Waals surface area contributed by atoms with E-state index in [2.05, 4.69) is 24.0 Å². The highest BCUT2D eigenvalue weighted by Crippen LogP contribution is 2.25. The summed E-state index contributed by atoms with van der Waals surface area (Å²) in [4.78, 5) is 28.2. The average Bonchev–Trinajstić information content (AvgIpc) is 3.07. The van der Waals surface area contributed by atoms with Crippen LogP contribution in [-0.4, -0.2) is 21.8 Å². The quantitative estimate of drug-likeness (QED) is 0.709. The number of benzene rings is 1. The number of rotatable bonds is 9. The van der Waals surface area contributed by atoms with Crippen molar-refractivity contribution in [3.8, 4) is 10.6 Å². The first-order chi connectivity index (χ1) is 11.9. The van der Waals surface area contributed by atoms with Gasteiger partial charge in [0.15, 0.2) is 0 Å². The van der Waals surface area contributed by atoms with E-state index in [9.17, 15) is 14.7 Å². The number of hydrogen-bond acceptors (Lipinski definition) is 4. The predicted octanol–water partition coefficient (Wildman–Crippen LogP) is 4.62. The number of carboxylic acid groups (broad SMARTS) is 1. The summed E-state index contributed by atoms with van der Waals surface area (Å²) in [5, 5.41) is 12.1. The summed E-state index contributed by atoms with van der Waals surface area (Å²) in [5.41, 5.74) is 3.04. The molecule has 0 saturated carbocycles. The Morgan fingerprint density at radius 2 is 1.88 bits per heavy atom. The van der Waals surface area contributed by atoms with E-state index in [0.29, 0.717) is 0 Å². The second kappa shape index (κ2) is 8.90. The van der Waals surface area contributed by atoms with Gasteiger partial charge in [-0.1, -0.05) is 51.5 Å². The fourth-order valence-corrected chi connectivity index (χ4v) is 3.57. The number of carbonyl (C=O) groups is 2. The van der Waals surface area contributed by atoms with Crippen LogP contribution in [0.15, 0.2) is 29.6 Å². The molecule has 1 N–H and O–H groups in total. The smallest absolute Gasteiger partial charge is 0.307 e. The largest absolute Gasteiger partial charge is 0.481 e. The lowest BCUT2D eigenvalue weighted by Crippen LogP contribution is -2.25. The Kier molecular flexibility index (Phi) is 6.88. The van der Waals surface area contributed by atoms with Gasteiger partial charge in [-0.2, -0.15) is 0 Å². The molecular formula is C20H25NO3S. The third kappa shape index (κ3) is 5.23. The highest BCUT2D eigenvalue weighted by Gasteiger charge is 2.26. The number of carboxylic acids is 1. The van der Waals surface area contributed by atoms with Crippen molar-refractivity contribution in [2.24, 2.45) is 11.8 Å². The maximum Gasteiger partial charge on any atom is 0.307 e. The van der Waals surface area contributed by atoms with Gasteiger partial charge in [-0.05, 0) is 17.9 Å². The van der Waals surface area contributed by atoms with E-state index < -0.39 is 11.9 Å². The van der Waals surface area contributed by atoms with Gasteiger partial charge in [-0.25, -0.2) is 4.98 Å². The molecule has 0 unspecified atom stereocenters. The van der Waals surface area contributed by atoms with E-state index in [1.54, 1.807) is 0 Å². The SMILES string of the molecule is CCc1ccc(-c2nc(CC(=O)C[C@H](C(=O)O)[C@@H](C)CC)cs2)cc1. The second-order valence-electron chi connectivity index (χ2n) is 6.44. The maximum absolute atomic E-state index is 12.3. The van der Waals surface area contributed by atoms with Crippen LogP contribution in [0.5, 0.6) is 0 Å². The lowest BCUT2D eigenvalue weighted by atomic mass is 9.87. The van der Waals surface area contributed by atoms with Crippen LogP contribution in [0.25, 0.3) is 10.6 Å². The molecule has 5 heteroatoms. The van der Waals surface area contributed by atoms with E-state index in [-0.39, 0.29) is 24.5 Å². The van der Waals surface area contributed by atoms with Gasteiger partial charge in [-0.3, -0.25) is 9.59 Å². The van der Waals surface area contributed by atoms with Crippen molar-refractivity contribution < 1.29 is 14.7 Å². The topological polar surface area (TPSA) is 67.3 Å². The number of aliphatic carboxylic acids is 1. The summed E-state index contributed by atoms with van der Waals surface area (Å²) >= 11 is 1.51. The molecule has 0 spiro atoms. The van der Waals surface area contributed by atoms with Crippen LogP contribution in [0, 0.1) is 11.8 Å². The van der Waals surface area contributed by atoms with Crippen LogP contribution in [0.3, 0.4) is 0 Å². The highest BCUT2D eigenvalue weighted by atomic mass is 32.1. The van der Waals surface area contributed by atoms with Crippen molar-refractivity contribution in [2.75, 3.05) is 0 Å². The second-order valence-corrected chi connectivity index (χ2v) is 7.30. The fourth-order valence-electron chi connectivity index (χ4n) is 2.74. The minimum Gasteiger partial charge on any atom is -0.481 e. The van der Waals surface area contributed by atoms with E-state index >= 15 is 0 Å². The molecular weight excluding hydrogens is 334 g/mol. The molecule has 25 heavy (non-hydrogen) atoms. The lowest BCUT2D eigenvalue weighted by Gasteiger charge is -2.17. The van der Waals surface area contributed by atoms with Crippen LogP contribution in [0.4, 0.5) is 0 Å². The van der Waals surface area contributed by atoms with Gasteiger partial charge in [0.2, 0.25) is 0 Å². The van der Waals surface area contributed by atoms with Gasteiger partial charge in [0.05, 0.1) is 11.6 Å². The van der Waals surface area contributed by atoms with Gasteiger partial charge >= 0.3 is 5.97 Å². The number of carbonyl (C=O) groups excluding carboxylic acids is 1. The number of aromatic nitrogens is 1. The van der Waals surface area contributed by atoms with Crippen LogP contribution >= 0.6 is 11.3 Å². The van der Waals surface area contributed by atoms with Crippen molar-refractivity contribution in [2.45, 2.75) is 46.5 Å². The van der Waals surface area contributed by atoms with Crippen LogP contribution < -0.4 is 0 Å². The van der Waals surface area contributed by atoms with Gasteiger partial charge in [0.25, 0.3) is 0 Å². The molecule has 1 aromatic carbocycles. The monoisotopic (exact) mass is 359 g/mol. The maximum atomic E-state index is 12.3. The van der Waals surface area contributed by atoms with Crippen LogP contribution in [0.1, 0.15) is 44.9 Å². The van der Waals surface area contributed by atoms with E-state index in [1.807, 2.05) is 31.4 Å². The van der Waals surface area contributed by atoms with E-state index in [1.165, 1.54) is 16.9 Å². The molecule has 4 nitrogen and oxygen atoms in total. The Hall–Kier alpha value is -2.01. The number of aryl methyl sites for hydroxylation is 1. The minimum absolute atomic E-state index is 0.00970. The third-order valence-corrected chi connectivity index (χ3v) is 5.57. The Morgan fingerprint density at radius 3 is 2.44 bits per heavy atom. The zero-order valence-electron chi connectivity index (χ0n) is 15.0. The minimum atomic E-state index is -0.891. The van der Waals surface area contributed by atoms with Crippen molar-refractivity contribution in [1.29, 1.82) is 0 Å². The third-order valence-electron chi connectivity index (χ3n) is 4.63.